The first-order chi connectivity index (χ1) is 14.1. The van der Waals surface area contributed by atoms with Crippen LogP contribution >= 0.6 is 23.1 Å². The molecule has 0 radical (unpaired) electrons. The molecule has 0 spiro atoms. The average Bonchev–Trinajstić information content (AvgIpc) is 3.23. The van der Waals surface area contributed by atoms with E-state index in [1.807, 2.05) is 41.8 Å². The average molecular weight is 426 g/mol. The number of methoxy groups -OCH3 is 2. The molecule has 4 aromatic rings. The summed E-state index contributed by atoms with van der Waals surface area (Å²) in [6, 6.07) is 13.1. The van der Waals surface area contributed by atoms with Crippen LogP contribution in [0.25, 0.3) is 21.5 Å². The van der Waals surface area contributed by atoms with E-state index in [1.165, 1.54) is 11.8 Å². The lowest BCUT2D eigenvalue weighted by Gasteiger charge is -2.08. The largest absolute Gasteiger partial charge is 0.497 e. The molecule has 0 atom stereocenters. The van der Waals surface area contributed by atoms with E-state index in [2.05, 4.69) is 4.98 Å². The molecule has 2 aromatic carbocycles. The number of ether oxygens (including phenoxy) is 2. The topological polar surface area (TPSA) is 66.2 Å². The van der Waals surface area contributed by atoms with Crippen molar-refractivity contribution in [1.29, 1.82) is 0 Å². The highest BCUT2D eigenvalue weighted by atomic mass is 32.2. The summed E-state index contributed by atoms with van der Waals surface area (Å²) in [7, 11) is 5.01. The van der Waals surface area contributed by atoms with Crippen LogP contribution in [0.3, 0.4) is 0 Å². The fraction of sp³-hybridized carbons (Fsp3) is 0.190. The maximum absolute atomic E-state index is 12.5. The molecule has 0 fully saturated rings. The van der Waals surface area contributed by atoms with Crippen molar-refractivity contribution in [2.24, 2.45) is 7.05 Å². The molecule has 0 aliphatic heterocycles. The number of hydrogen-bond donors (Lipinski definition) is 0. The summed E-state index contributed by atoms with van der Waals surface area (Å²) < 4.78 is 12.3. The molecule has 0 amide bonds. The van der Waals surface area contributed by atoms with Gasteiger partial charge in [0.15, 0.2) is 5.16 Å². The third kappa shape index (κ3) is 3.86. The molecule has 29 heavy (non-hydrogen) atoms. The predicted octanol–water partition coefficient (Wildman–Crippen LogP) is 4.37. The zero-order chi connectivity index (χ0) is 20.4. The summed E-state index contributed by atoms with van der Waals surface area (Å²) in [4.78, 5) is 21.9. The Kier molecular flexibility index (Phi) is 5.55. The van der Waals surface area contributed by atoms with E-state index in [0.29, 0.717) is 21.8 Å². The molecule has 0 aliphatic rings. The number of benzene rings is 2. The van der Waals surface area contributed by atoms with Crippen LogP contribution in [0, 0.1) is 0 Å². The lowest BCUT2D eigenvalue weighted by atomic mass is 10.2. The van der Waals surface area contributed by atoms with Gasteiger partial charge in [-0.05, 0) is 24.3 Å². The molecule has 0 saturated carbocycles. The summed E-state index contributed by atoms with van der Waals surface area (Å²) in [5, 5.41) is 4.19. The van der Waals surface area contributed by atoms with E-state index in [-0.39, 0.29) is 5.56 Å². The maximum atomic E-state index is 12.5. The van der Waals surface area contributed by atoms with Crippen LogP contribution in [0.2, 0.25) is 0 Å². The number of thiazole rings is 1. The highest BCUT2D eigenvalue weighted by Crippen LogP contribution is 2.35. The van der Waals surface area contributed by atoms with Gasteiger partial charge in [-0.2, -0.15) is 0 Å². The van der Waals surface area contributed by atoms with Gasteiger partial charge in [0.2, 0.25) is 0 Å². The van der Waals surface area contributed by atoms with Gasteiger partial charge in [0, 0.05) is 24.2 Å². The van der Waals surface area contributed by atoms with Gasteiger partial charge in [-0.25, -0.2) is 9.97 Å². The number of aromatic nitrogens is 3. The van der Waals surface area contributed by atoms with Crippen molar-refractivity contribution in [2.45, 2.75) is 10.9 Å². The minimum atomic E-state index is -0.0416. The molecule has 2 aromatic heterocycles. The molecular weight excluding hydrogens is 406 g/mol. The van der Waals surface area contributed by atoms with Crippen molar-refractivity contribution in [3.05, 3.63) is 63.9 Å². The summed E-state index contributed by atoms with van der Waals surface area (Å²) in [5.41, 5.74) is 2.51. The number of para-hydroxylation sites is 1. The summed E-state index contributed by atoms with van der Waals surface area (Å²) in [6.45, 7) is 0. The second-order valence-corrected chi connectivity index (χ2v) is 8.08. The van der Waals surface area contributed by atoms with Gasteiger partial charge in [-0.3, -0.25) is 9.36 Å². The Morgan fingerprint density at radius 2 is 1.93 bits per heavy atom. The van der Waals surface area contributed by atoms with Gasteiger partial charge in [0.05, 0.1) is 36.4 Å². The first kappa shape index (κ1) is 19.5. The highest BCUT2D eigenvalue weighted by molar-refractivity contribution is 7.98. The fourth-order valence-electron chi connectivity index (χ4n) is 2.94. The third-order valence-electron chi connectivity index (χ3n) is 4.48. The third-order valence-corrected chi connectivity index (χ3v) is 6.47. The predicted molar refractivity (Wildman–Crippen MR) is 117 cm³/mol. The molecule has 8 heteroatoms. The van der Waals surface area contributed by atoms with E-state index < -0.39 is 0 Å². The minimum absolute atomic E-state index is 0.0416. The van der Waals surface area contributed by atoms with E-state index in [1.54, 1.807) is 43.2 Å². The zero-order valence-electron chi connectivity index (χ0n) is 16.2. The molecule has 4 rings (SSSR count). The van der Waals surface area contributed by atoms with Crippen molar-refractivity contribution in [3.63, 3.8) is 0 Å². The van der Waals surface area contributed by atoms with Gasteiger partial charge in [-0.15, -0.1) is 11.3 Å². The smallest absolute Gasteiger partial charge is 0.261 e. The Morgan fingerprint density at radius 3 is 2.72 bits per heavy atom. The van der Waals surface area contributed by atoms with E-state index >= 15 is 0 Å². The first-order valence-electron chi connectivity index (χ1n) is 8.86. The Morgan fingerprint density at radius 1 is 1.10 bits per heavy atom. The van der Waals surface area contributed by atoms with Gasteiger partial charge in [-0.1, -0.05) is 23.9 Å². The minimum Gasteiger partial charge on any atom is -0.497 e. The Hall–Kier alpha value is -2.84. The lowest BCUT2D eigenvalue weighted by molar-refractivity contribution is 0.395. The van der Waals surface area contributed by atoms with Gasteiger partial charge >= 0.3 is 0 Å². The normalized spacial score (nSPS) is 11.0. The van der Waals surface area contributed by atoms with Crippen LogP contribution in [0.5, 0.6) is 11.5 Å². The second kappa shape index (κ2) is 8.26. The van der Waals surface area contributed by atoms with Crippen molar-refractivity contribution < 1.29 is 9.47 Å². The quantitative estimate of drug-likeness (QED) is 0.338. The van der Waals surface area contributed by atoms with Gasteiger partial charge in [0.1, 0.15) is 16.5 Å². The highest BCUT2D eigenvalue weighted by Gasteiger charge is 2.13. The fourth-order valence-corrected chi connectivity index (χ4v) is 4.76. The number of thioether (sulfide) groups is 1. The Balaban J connectivity index is 1.57. The standard InChI is InChI=1S/C21H19N3O3S2/c1-24-20(25)15-6-4-5-7-17(15)23-21(24)29-12-13-11-28-19(22-13)16-9-8-14(26-2)10-18(16)27-3/h4-11H,12H2,1-3H3. The van der Waals surface area contributed by atoms with Crippen LogP contribution in [-0.4, -0.2) is 28.8 Å². The number of nitrogens with zero attached hydrogens (tertiary/aromatic N) is 3. The van der Waals surface area contributed by atoms with Crippen LogP contribution in [-0.2, 0) is 12.8 Å². The van der Waals surface area contributed by atoms with Crippen LogP contribution in [0.4, 0.5) is 0 Å². The van der Waals surface area contributed by atoms with Gasteiger partial charge < -0.3 is 9.47 Å². The second-order valence-electron chi connectivity index (χ2n) is 6.27. The van der Waals surface area contributed by atoms with Crippen molar-refractivity contribution >= 4 is 34.0 Å². The molecule has 0 unspecified atom stereocenters. The van der Waals surface area contributed by atoms with Crippen LogP contribution < -0.4 is 15.0 Å². The molecule has 0 aliphatic carbocycles. The summed E-state index contributed by atoms with van der Waals surface area (Å²) >= 11 is 3.05. The SMILES string of the molecule is COc1ccc(-c2nc(CSc3nc4ccccc4c(=O)n3C)cs2)c(OC)c1. The molecule has 6 nitrogen and oxygen atoms in total. The van der Waals surface area contributed by atoms with Crippen LogP contribution in [0.1, 0.15) is 5.69 Å². The van der Waals surface area contributed by atoms with Crippen molar-refractivity contribution in [3.8, 4) is 22.1 Å². The first-order valence-corrected chi connectivity index (χ1v) is 10.7. The number of fused-ring (bicyclic) bond motifs is 1. The van der Waals surface area contributed by atoms with Crippen LogP contribution in [0.15, 0.2) is 57.8 Å². The molecular formula is C21H19N3O3S2. The van der Waals surface area contributed by atoms with Crippen molar-refractivity contribution in [1.82, 2.24) is 14.5 Å². The molecule has 0 saturated heterocycles. The van der Waals surface area contributed by atoms with E-state index in [4.69, 9.17) is 14.5 Å². The molecule has 2 heterocycles. The van der Waals surface area contributed by atoms with Gasteiger partial charge in [0.25, 0.3) is 5.56 Å². The summed E-state index contributed by atoms with van der Waals surface area (Å²) in [5.74, 6) is 2.07. The number of rotatable bonds is 6. The Bertz CT molecular complexity index is 1230. The summed E-state index contributed by atoms with van der Waals surface area (Å²) in [6.07, 6.45) is 0. The van der Waals surface area contributed by atoms with Crippen molar-refractivity contribution in [2.75, 3.05) is 14.2 Å². The molecule has 148 valence electrons. The number of hydrogen-bond acceptors (Lipinski definition) is 7. The van der Waals surface area contributed by atoms with E-state index in [0.717, 1.165) is 27.8 Å². The monoisotopic (exact) mass is 425 g/mol. The Labute approximate surface area is 176 Å². The maximum Gasteiger partial charge on any atom is 0.261 e. The molecule has 0 N–H and O–H groups in total. The zero-order valence-corrected chi connectivity index (χ0v) is 17.8. The lowest BCUT2D eigenvalue weighted by Crippen LogP contribution is -2.19. The molecule has 0 bridgehead atoms. The van der Waals surface area contributed by atoms with E-state index in [9.17, 15) is 4.79 Å².